The van der Waals surface area contributed by atoms with E-state index in [2.05, 4.69) is 84.3 Å². The van der Waals surface area contributed by atoms with Crippen LogP contribution in [0.2, 0.25) is 0 Å². The van der Waals surface area contributed by atoms with Crippen molar-refractivity contribution in [3.05, 3.63) is 54.0 Å². The molecule has 0 saturated carbocycles. The van der Waals surface area contributed by atoms with Crippen molar-refractivity contribution in [1.82, 2.24) is 24.6 Å². The quantitative estimate of drug-likeness (QED) is 0.740. The summed E-state index contributed by atoms with van der Waals surface area (Å²) in [6.07, 6.45) is 6.32. The van der Waals surface area contributed by atoms with Crippen molar-refractivity contribution in [1.29, 1.82) is 0 Å². The molecule has 0 spiro atoms. The van der Waals surface area contributed by atoms with Gasteiger partial charge >= 0.3 is 0 Å². The van der Waals surface area contributed by atoms with Gasteiger partial charge in [0.15, 0.2) is 0 Å². The molecule has 3 aromatic rings. The highest BCUT2D eigenvalue weighted by molar-refractivity contribution is 5.82. The van der Waals surface area contributed by atoms with Crippen molar-refractivity contribution in [2.75, 3.05) is 19.4 Å². The maximum Gasteiger partial charge on any atom is 0.132 e. The second-order valence-electron chi connectivity index (χ2n) is 8.25. The van der Waals surface area contributed by atoms with E-state index in [9.17, 15) is 0 Å². The second kappa shape index (κ2) is 6.07. The second-order valence-corrected chi connectivity index (χ2v) is 8.25. The summed E-state index contributed by atoms with van der Waals surface area (Å²) < 4.78 is 2.30. The number of fused-ring (bicyclic) bond motifs is 2. The molecule has 3 aliphatic rings. The molecule has 28 heavy (non-hydrogen) atoms. The van der Waals surface area contributed by atoms with Crippen molar-refractivity contribution in [3.8, 4) is 0 Å². The zero-order valence-electron chi connectivity index (χ0n) is 17.0. The zero-order valence-corrected chi connectivity index (χ0v) is 17.0. The van der Waals surface area contributed by atoms with Crippen molar-refractivity contribution >= 4 is 28.2 Å². The van der Waals surface area contributed by atoms with Crippen LogP contribution in [0.25, 0.3) is 16.6 Å². The number of rotatable bonds is 4. The number of hydrazine groups is 1. The van der Waals surface area contributed by atoms with E-state index in [1.807, 2.05) is 18.3 Å². The lowest BCUT2D eigenvalue weighted by molar-refractivity contribution is 0.0823. The highest BCUT2D eigenvalue weighted by atomic mass is 15.6. The van der Waals surface area contributed by atoms with E-state index in [0.717, 1.165) is 28.2 Å². The third-order valence-corrected chi connectivity index (χ3v) is 6.10. The van der Waals surface area contributed by atoms with Gasteiger partial charge in [-0.05, 0) is 48.2 Å². The molecule has 0 amide bonds. The van der Waals surface area contributed by atoms with Gasteiger partial charge in [0.2, 0.25) is 0 Å². The lowest BCUT2D eigenvalue weighted by Crippen LogP contribution is -2.33. The van der Waals surface area contributed by atoms with Crippen molar-refractivity contribution in [2.45, 2.75) is 32.9 Å². The van der Waals surface area contributed by atoms with Gasteiger partial charge in [0.05, 0.1) is 23.1 Å². The van der Waals surface area contributed by atoms with Crippen LogP contribution in [0.5, 0.6) is 0 Å². The number of hydrogen-bond acceptors (Lipinski definition) is 5. The predicted molar refractivity (Wildman–Crippen MR) is 113 cm³/mol. The van der Waals surface area contributed by atoms with E-state index in [1.54, 1.807) is 0 Å². The number of aromatic nitrogens is 3. The van der Waals surface area contributed by atoms with Gasteiger partial charge in [0, 0.05) is 38.3 Å². The molecule has 6 heterocycles. The lowest BCUT2D eigenvalue weighted by atomic mass is 9.96. The summed E-state index contributed by atoms with van der Waals surface area (Å²) in [6.45, 7) is 6.73. The molecule has 144 valence electrons. The average Bonchev–Trinajstić information content (AvgIpc) is 3.29. The fourth-order valence-electron chi connectivity index (χ4n) is 4.33. The molecule has 0 radical (unpaired) electrons. The molecule has 6 heteroatoms. The fourth-order valence-corrected chi connectivity index (χ4v) is 4.33. The number of anilines is 2. The average molecular weight is 374 g/mol. The third kappa shape index (κ3) is 2.52. The van der Waals surface area contributed by atoms with Crippen LogP contribution >= 0.6 is 0 Å². The first-order valence-corrected chi connectivity index (χ1v) is 9.85. The minimum absolute atomic E-state index is 0.314. The number of nitrogens with one attached hydrogen (secondary N) is 1. The van der Waals surface area contributed by atoms with Gasteiger partial charge in [-0.25, -0.2) is 9.99 Å². The maximum atomic E-state index is 4.84. The largest absolute Gasteiger partial charge is 0.326 e. The molecule has 2 bridgehead atoms. The summed E-state index contributed by atoms with van der Waals surface area (Å²) >= 11 is 0. The van der Waals surface area contributed by atoms with Gasteiger partial charge in [-0.1, -0.05) is 13.8 Å². The molecule has 0 fully saturated rings. The Labute approximate surface area is 165 Å². The Morgan fingerprint density at radius 3 is 2.61 bits per heavy atom. The van der Waals surface area contributed by atoms with Crippen molar-refractivity contribution in [3.63, 3.8) is 0 Å². The van der Waals surface area contributed by atoms with Gasteiger partial charge in [-0.2, -0.15) is 0 Å². The van der Waals surface area contributed by atoms with E-state index in [0.29, 0.717) is 18.0 Å². The normalized spacial score (nSPS) is 21.4. The van der Waals surface area contributed by atoms with Crippen LogP contribution in [0, 0.1) is 5.92 Å². The van der Waals surface area contributed by atoms with E-state index in [1.165, 1.54) is 11.1 Å². The Morgan fingerprint density at radius 2 is 1.93 bits per heavy atom. The van der Waals surface area contributed by atoms with Crippen LogP contribution in [0.1, 0.15) is 37.9 Å². The molecule has 0 aromatic carbocycles. The van der Waals surface area contributed by atoms with Crippen molar-refractivity contribution in [2.24, 2.45) is 5.92 Å². The Balaban J connectivity index is 1.45. The summed E-state index contributed by atoms with van der Waals surface area (Å²) in [5.41, 5.74) is 5.60. The molecule has 2 atom stereocenters. The van der Waals surface area contributed by atoms with E-state index in [-0.39, 0.29) is 0 Å². The minimum Gasteiger partial charge on any atom is -0.326 e. The molecule has 2 unspecified atom stereocenters. The summed E-state index contributed by atoms with van der Waals surface area (Å²) in [6, 6.07) is 9.22. The molecular weight excluding hydrogens is 348 g/mol. The SMILES string of the molecule is CC(C)C1c2cc(Nc3ccc4ncc(C5=CN(C)N(C)C5C)cc4n3)n1c2. The first-order chi connectivity index (χ1) is 13.4. The molecule has 6 nitrogen and oxygen atoms in total. The van der Waals surface area contributed by atoms with Crippen LogP contribution in [0.15, 0.2) is 42.9 Å². The summed E-state index contributed by atoms with van der Waals surface area (Å²) in [5.74, 6) is 2.56. The van der Waals surface area contributed by atoms with Gasteiger partial charge in [-0.15, -0.1) is 0 Å². The van der Waals surface area contributed by atoms with Gasteiger partial charge < -0.3 is 14.9 Å². The highest BCUT2D eigenvalue weighted by Gasteiger charge is 2.31. The monoisotopic (exact) mass is 374 g/mol. The standard InChI is InChI=1S/C22H26N6/c1-13(2)22-16-9-21(28(22)11-16)25-20-7-6-18-19(24-20)8-15(10-23-18)17-12-26(4)27(5)14(17)3/h6-14,22H,1-5H3,(H,24,25). The topological polar surface area (TPSA) is 49.2 Å². The Kier molecular flexibility index (Phi) is 3.74. The summed E-state index contributed by atoms with van der Waals surface area (Å²) in [5, 5.41) is 7.80. The molecule has 6 rings (SSSR count). The fraction of sp³-hybridized carbons (Fsp3) is 0.364. The van der Waals surface area contributed by atoms with Crippen molar-refractivity contribution < 1.29 is 0 Å². The molecular formula is C22H26N6. The van der Waals surface area contributed by atoms with Crippen LogP contribution in [0.3, 0.4) is 0 Å². The Bertz CT molecular complexity index is 1100. The van der Waals surface area contributed by atoms with Gasteiger partial charge in [-0.3, -0.25) is 4.98 Å². The first-order valence-electron chi connectivity index (χ1n) is 9.85. The molecule has 0 saturated heterocycles. The third-order valence-electron chi connectivity index (χ3n) is 6.10. The molecule has 3 aliphatic heterocycles. The summed E-state index contributed by atoms with van der Waals surface area (Å²) in [7, 11) is 4.16. The predicted octanol–water partition coefficient (Wildman–Crippen LogP) is 4.26. The van der Waals surface area contributed by atoms with E-state index >= 15 is 0 Å². The first kappa shape index (κ1) is 17.3. The number of pyridine rings is 2. The van der Waals surface area contributed by atoms with Crippen LogP contribution in [-0.2, 0) is 0 Å². The molecule has 3 aromatic heterocycles. The van der Waals surface area contributed by atoms with Gasteiger partial charge in [0.25, 0.3) is 0 Å². The minimum atomic E-state index is 0.314. The van der Waals surface area contributed by atoms with E-state index in [4.69, 9.17) is 4.98 Å². The van der Waals surface area contributed by atoms with Crippen LogP contribution in [-0.4, -0.2) is 44.7 Å². The molecule has 1 N–H and O–H groups in total. The Morgan fingerprint density at radius 1 is 1.11 bits per heavy atom. The maximum absolute atomic E-state index is 4.84. The highest BCUT2D eigenvalue weighted by Crippen LogP contribution is 2.42. The number of hydrogen-bond donors (Lipinski definition) is 1. The number of likely N-dealkylation sites (N-methyl/N-ethyl adjacent to an activating group) is 1. The van der Waals surface area contributed by atoms with Crippen LogP contribution < -0.4 is 5.32 Å². The Hall–Kier alpha value is -2.86. The number of nitrogens with zero attached hydrogens (tertiary/aromatic N) is 5. The smallest absolute Gasteiger partial charge is 0.132 e. The van der Waals surface area contributed by atoms with Gasteiger partial charge in [0.1, 0.15) is 11.6 Å². The zero-order chi connectivity index (χ0) is 19.6. The lowest BCUT2D eigenvalue weighted by Gasteiger charge is -2.28. The molecule has 0 aliphatic carbocycles. The van der Waals surface area contributed by atoms with E-state index < -0.39 is 0 Å². The van der Waals surface area contributed by atoms with Crippen LogP contribution in [0.4, 0.5) is 11.6 Å². The summed E-state index contributed by atoms with van der Waals surface area (Å²) in [4.78, 5) is 9.48.